The van der Waals surface area contributed by atoms with Crippen molar-refractivity contribution < 1.29 is 4.57 Å². The van der Waals surface area contributed by atoms with E-state index in [2.05, 4.69) is 0 Å². The molecule has 1 aromatic carbocycles. The van der Waals surface area contributed by atoms with Gasteiger partial charge in [0.15, 0.2) is 0 Å². The van der Waals surface area contributed by atoms with Crippen LogP contribution in [-0.2, 0) is 10.7 Å². The minimum absolute atomic E-state index is 0.247. The maximum absolute atomic E-state index is 10.9. The van der Waals surface area contributed by atoms with Gasteiger partial charge in [0.1, 0.15) is 0 Å². The fourth-order valence-electron chi connectivity index (χ4n) is 0.796. The van der Waals surface area contributed by atoms with Gasteiger partial charge in [-0.2, -0.15) is 0 Å². The van der Waals surface area contributed by atoms with Crippen molar-refractivity contribution in [2.45, 2.75) is 6.16 Å². The van der Waals surface area contributed by atoms with E-state index in [0.29, 0.717) is 0 Å². The second-order valence-corrected chi connectivity index (χ2v) is 7.47. The van der Waals surface area contributed by atoms with Gasteiger partial charge in [-0.3, -0.25) is 4.57 Å². The largest absolute Gasteiger partial charge is 0.289 e. The standard InChI is InChI=1S/C7H7Cl2OP/c8-11(9,10)6-7-4-2-1-3-5-7/h1-5H,6H2. The predicted molar refractivity (Wildman–Crippen MR) is 49.5 cm³/mol. The molecule has 1 nitrogen and oxygen atoms in total. The lowest BCUT2D eigenvalue weighted by atomic mass is 10.2. The highest BCUT2D eigenvalue weighted by atomic mass is 35.9. The molecule has 0 atom stereocenters. The first kappa shape index (κ1) is 9.12. The molecule has 4 heteroatoms. The first-order chi connectivity index (χ1) is 5.08. The topological polar surface area (TPSA) is 17.1 Å². The SMILES string of the molecule is O=P(Cl)(Cl)Cc1ccccc1. The number of halogens is 2. The second-order valence-electron chi connectivity index (χ2n) is 2.21. The molecule has 60 valence electrons. The van der Waals surface area contributed by atoms with Gasteiger partial charge in [0, 0.05) is 0 Å². The van der Waals surface area contributed by atoms with E-state index in [0.717, 1.165) is 5.56 Å². The van der Waals surface area contributed by atoms with Crippen LogP contribution in [0.2, 0.25) is 0 Å². The van der Waals surface area contributed by atoms with E-state index in [1.165, 1.54) is 0 Å². The Morgan fingerprint density at radius 3 is 2.18 bits per heavy atom. The van der Waals surface area contributed by atoms with Gasteiger partial charge < -0.3 is 0 Å². The molecule has 0 aromatic heterocycles. The molecule has 11 heavy (non-hydrogen) atoms. The Balaban J connectivity index is 2.74. The quantitative estimate of drug-likeness (QED) is 0.675. The summed E-state index contributed by atoms with van der Waals surface area (Å²) in [7, 11) is 0. The highest BCUT2D eigenvalue weighted by Gasteiger charge is 2.13. The third kappa shape index (κ3) is 3.81. The van der Waals surface area contributed by atoms with Crippen LogP contribution < -0.4 is 0 Å². The fraction of sp³-hybridized carbons (Fsp3) is 0.143. The van der Waals surface area contributed by atoms with Gasteiger partial charge in [-0.15, -0.1) is 0 Å². The van der Waals surface area contributed by atoms with Crippen molar-refractivity contribution in [2.75, 3.05) is 0 Å². The molecule has 0 aliphatic rings. The lowest BCUT2D eigenvalue weighted by Gasteiger charge is -2.00. The summed E-state index contributed by atoms with van der Waals surface area (Å²) >= 11 is 10.8. The minimum atomic E-state index is -2.94. The Hall–Kier alpha value is 0.0300. The van der Waals surface area contributed by atoms with Gasteiger partial charge in [0.2, 0.25) is 0 Å². The van der Waals surface area contributed by atoms with Crippen molar-refractivity contribution in [3.8, 4) is 0 Å². The van der Waals surface area contributed by atoms with E-state index >= 15 is 0 Å². The van der Waals surface area contributed by atoms with Crippen LogP contribution in [0.5, 0.6) is 0 Å². The summed E-state index contributed by atoms with van der Waals surface area (Å²) in [5.74, 6) is -2.94. The number of hydrogen-bond acceptors (Lipinski definition) is 1. The van der Waals surface area contributed by atoms with Crippen molar-refractivity contribution in [3.05, 3.63) is 35.9 Å². The summed E-state index contributed by atoms with van der Waals surface area (Å²) in [4.78, 5) is 0. The van der Waals surface area contributed by atoms with Crippen molar-refractivity contribution >= 4 is 28.3 Å². The van der Waals surface area contributed by atoms with Gasteiger partial charge in [-0.05, 0) is 28.0 Å². The highest BCUT2D eigenvalue weighted by Crippen LogP contribution is 2.59. The van der Waals surface area contributed by atoms with E-state index in [-0.39, 0.29) is 6.16 Å². The number of rotatable bonds is 2. The Morgan fingerprint density at radius 1 is 1.18 bits per heavy atom. The van der Waals surface area contributed by atoms with Crippen molar-refractivity contribution in [1.29, 1.82) is 0 Å². The highest BCUT2D eigenvalue weighted by molar-refractivity contribution is 8.08. The first-order valence-electron chi connectivity index (χ1n) is 3.10. The lowest BCUT2D eigenvalue weighted by molar-refractivity contribution is 0.592. The first-order valence-corrected chi connectivity index (χ1v) is 6.80. The monoisotopic (exact) mass is 208 g/mol. The molecule has 0 saturated carbocycles. The summed E-state index contributed by atoms with van der Waals surface area (Å²) in [5, 5.41) is 0. The normalized spacial score (nSPS) is 11.5. The van der Waals surface area contributed by atoms with Gasteiger partial charge >= 0.3 is 0 Å². The van der Waals surface area contributed by atoms with Crippen molar-refractivity contribution in [2.24, 2.45) is 0 Å². The zero-order chi connectivity index (χ0) is 8.32. The molecule has 0 saturated heterocycles. The maximum atomic E-state index is 10.9. The number of benzene rings is 1. The maximum Gasteiger partial charge on any atom is 0.257 e. The van der Waals surface area contributed by atoms with Gasteiger partial charge in [-0.1, -0.05) is 30.3 Å². The zero-order valence-electron chi connectivity index (χ0n) is 5.71. The average molecular weight is 209 g/mol. The average Bonchev–Trinajstić information content (AvgIpc) is 1.85. The third-order valence-electron chi connectivity index (χ3n) is 1.21. The predicted octanol–water partition coefficient (Wildman–Crippen LogP) is 3.86. The van der Waals surface area contributed by atoms with E-state index in [4.69, 9.17) is 22.5 Å². The molecular weight excluding hydrogens is 202 g/mol. The zero-order valence-corrected chi connectivity index (χ0v) is 8.11. The molecule has 0 spiro atoms. The van der Waals surface area contributed by atoms with Crippen LogP contribution in [-0.4, -0.2) is 0 Å². The van der Waals surface area contributed by atoms with Crippen LogP contribution in [0.25, 0.3) is 0 Å². The third-order valence-corrected chi connectivity index (χ3v) is 2.66. The minimum Gasteiger partial charge on any atom is -0.289 e. The molecule has 0 heterocycles. The molecule has 1 aromatic rings. The molecule has 0 bridgehead atoms. The molecule has 0 N–H and O–H groups in total. The fourth-order valence-corrected chi connectivity index (χ4v) is 2.26. The van der Waals surface area contributed by atoms with Crippen LogP contribution in [0, 0.1) is 0 Å². The van der Waals surface area contributed by atoms with Gasteiger partial charge in [-0.25, -0.2) is 0 Å². The lowest BCUT2D eigenvalue weighted by Crippen LogP contribution is -1.77. The molecule has 0 aliphatic carbocycles. The summed E-state index contributed by atoms with van der Waals surface area (Å²) in [6.07, 6.45) is 0.247. The van der Waals surface area contributed by atoms with Crippen LogP contribution >= 0.6 is 28.3 Å². The Labute approximate surface area is 75.3 Å². The van der Waals surface area contributed by atoms with E-state index in [9.17, 15) is 4.57 Å². The Morgan fingerprint density at radius 2 is 1.73 bits per heavy atom. The van der Waals surface area contributed by atoms with Gasteiger partial charge in [0.05, 0.1) is 6.16 Å². The van der Waals surface area contributed by atoms with Crippen molar-refractivity contribution in [1.82, 2.24) is 0 Å². The van der Waals surface area contributed by atoms with E-state index in [1.807, 2.05) is 30.3 Å². The second kappa shape index (κ2) is 3.62. The van der Waals surface area contributed by atoms with E-state index < -0.39 is 5.85 Å². The van der Waals surface area contributed by atoms with Crippen molar-refractivity contribution in [3.63, 3.8) is 0 Å². The molecule has 1 rings (SSSR count). The summed E-state index contributed by atoms with van der Waals surface area (Å²) in [6.45, 7) is 0. The van der Waals surface area contributed by atoms with E-state index in [1.54, 1.807) is 0 Å². The van der Waals surface area contributed by atoms with Crippen LogP contribution in [0.3, 0.4) is 0 Å². The molecule has 0 radical (unpaired) electrons. The Bertz CT molecular complexity index is 267. The molecular formula is C7H7Cl2OP. The molecule has 0 aliphatic heterocycles. The van der Waals surface area contributed by atoms with Crippen LogP contribution in [0.1, 0.15) is 5.56 Å². The molecule has 0 unspecified atom stereocenters. The Kier molecular flexibility index (Phi) is 3.00. The summed E-state index contributed by atoms with van der Waals surface area (Å²) in [6, 6.07) is 9.29. The van der Waals surface area contributed by atoms with Gasteiger partial charge in [0.25, 0.3) is 5.85 Å². The summed E-state index contributed by atoms with van der Waals surface area (Å²) in [5.41, 5.74) is 0.904. The van der Waals surface area contributed by atoms with Crippen LogP contribution in [0.4, 0.5) is 0 Å². The molecule has 0 amide bonds. The summed E-state index contributed by atoms with van der Waals surface area (Å²) < 4.78 is 10.9. The molecule has 0 fully saturated rings. The van der Waals surface area contributed by atoms with Crippen LogP contribution in [0.15, 0.2) is 30.3 Å². The number of hydrogen-bond donors (Lipinski definition) is 0. The smallest absolute Gasteiger partial charge is 0.257 e.